The number of ether oxygens (including phenoxy) is 1. The summed E-state index contributed by atoms with van der Waals surface area (Å²) in [6.45, 7) is 7.42. The number of nitrogens with zero attached hydrogens (tertiary/aromatic N) is 6. The number of fused-ring (bicyclic) bond motifs is 1. The van der Waals surface area contributed by atoms with E-state index in [4.69, 9.17) is 9.15 Å². The summed E-state index contributed by atoms with van der Waals surface area (Å²) >= 11 is 0. The van der Waals surface area contributed by atoms with Crippen LogP contribution in [0.4, 0.5) is 5.69 Å². The number of hydrogen-bond donors (Lipinski definition) is 1. The Labute approximate surface area is 225 Å². The molecular weight excluding hydrogens is 494 g/mol. The molecule has 3 aromatic heterocycles. The van der Waals surface area contributed by atoms with Gasteiger partial charge in [0.2, 0.25) is 0 Å². The van der Waals surface area contributed by atoms with E-state index in [-0.39, 0.29) is 5.56 Å². The van der Waals surface area contributed by atoms with Crippen molar-refractivity contribution < 1.29 is 9.15 Å². The SMILES string of the molecule is COc1ccccc1N1CCN([C@@H](c2cc3c(C)cc(C)cc3[nH]c2=O)c2nnnn2Cc2ccco2)CC1. The number of nitrogens with one attached hydrogen (secondary N) is 1. The summed E-state index contributed by atoms with van der Waals surface area (Å²) in [6.07, 6.45) is 1.63. The third kappa shape index (κ3) is 4.79. The summed E-state index contributed by atoms with van der Waals surface area (Å²) in [5.74, 6) is 2.19. The van der Waals surface area contributed by atoms with Gasteiger partial charge in [-0.05, 0) is 71.8 Å². The highest BCUT2D eigenvalue weighted by Gasteiger charge is 2.33. The first-order valence-corrected chi connectivity index (χ1v) is 13.1. The molecule has 2 aromatic carbocycles. The van der Waals surface area contributed by atoms with Gasteiger partial charge in [0.1, 0.15) is 24.1 Å². The molecule has 0 bridgehead atoms. The highest BCUT2D eigenvalue weighted by Crippen LogP contribution is 2.32. The van der Waals surface area contributed by atoms with E-state index < -0.39 is 6.04 Å². The van der Waals surface area contributed by atoms with Crippen LogP contribution in [-0.2, 0) is 6.54 Å². The average Bonchev–Trinajstić information content (AvgIpc) is 3.62. The van der Waals surface area contributed by atoms with Crippen LogP contribution in [0.5, 0.6) is 5.75 Å². The molecule has 0 spiro atoms. The second-order valence-electron chi connectivity index (χ2n) is 9.97. The number of aryl methyl sites for hydroxylation is 2. The monoisotopic (exact) mass is 525 g/mol. The van der Waals surface area contributed by atoms with Gasteiger partial charge >= 0.3 is 0 Å². The molecule has 1 atom stereocenters. The number of methoxy groups -OCH3 is 1. The fraction of sp³-hybridized carbons (Fsp3) is 0.310. The molecule has 0 unspecified atom stereocenters. The maximum absolute atomic E-state index is 13.6. The number of benzene rings is 2. The lowest BCUT2D eigenvalue weighted by atomic mass is 9.99. The number of aromatic nitrogens is 5. The number of anilines is 1. The highest BCUT2D eigenvalue weighted by molar-refractivity contribution is 5.83. The molecule has 0 aliphatic carbocycles. The molecule has 4 heterocycles. The minimum atomic E-state index is -0.441. The second-order valence-corrected chi connectivity index (χ2v) is 9.97. The number of hydrogen-bond acceptors (Lipinski definition) is 8. The van der Waals surface area contributed by atoms with Gasteiger partial charge in [-0.2, -0.15) is 0 Å². The first kappa shape index (κ1) is 24.9. The smallest absolute Gasteiger partial charge is 0.253 e. The predicted octanol–water partition coefficient (Wildman–Crippen LogP) is 3.69. The van der Waals surface area contributed by atoms with Gasteiger partial charge in [-0.25, -0.2) is 4.68 Å². The lowest BCUT2D eigenvalue weighted by Crippen LogP contribution is -2.49. The molecule has 1 aliphatic rings. The Balaban J connectivity index is 1.40. The molecule has 0 amide bonds. The zero-order chi connectivity index (χ0) is 26.9. The molecule has 1 saturated heterocycles. The quantitative estimate of drug-likeness (QED) is 0.343. The minimum absolute atomic E-state index is 0.141. The van der Waals surface area contributed by atoms with Crippen LogP contribution < -0.4 is 15.2 Å². The number of tetrazole rings is 1. The lowest BCUT2D eigenvalue weighted by Gasteiger charge is -2.40. The summed E-state index contributed by atoms with van der Waals surface area (Å²) in [6, 6.07) is 17.5. The zero-order valence-corrected chi connectivity index (χ0v) is 22.3. The van der Waals surface area contributed by atoms with E-state index in [1.807, 2.05) is 49.4 Å². The maximum Gasteiger partial charge on any atom is 0.253 e. The summed E-state index contributed by atoms with van der Waals surface area (Å²) in [5, 5.41) is 13.7. The standard InChI is InChI=1S/C29H31N7O3/c1-19-15-20(2)22-17-23(29(37)30-24(22)16-19)27(28-31-32-33-36(28)18-21-7-6-14-39-21)35-12-10-34(11-13-35)25-8-4-5-9-26(25)38-3/h4-9,14-17,27H,10-13,18H2,1-3H3,(H,30,37)/t27-/m0/s1. The normalized spacial score (nSPS) is 15.1. The third-order valence-electron chi connectivity index (χ3n) is 7.43. The zero-order valence-electron chi connectivity index (χ0n) is 22.3. The van der Waals surface area contributed by atoms with Crippen molar-refractivity contribution in [1.82, 2.24) is 30.1 Å². The molecule has 10 nitrogen and oxygen atoms in total. The van der Waals surface area contributed by atoms with E-state index in [0.29, 0.717) is 31.0 Å². The minimum Gasteiger partial charge on any atom is -0.495 e. The van der Waals surface area contributed by atoms with Crippen molar-refractivity contribution in [3.8, 4) is 5.75 Å². The van der Waals surface area contributed by atoms with Crippen molar-refractivity contribution in [3.05, 3.63) is 99.5 Å². The molecular formula is C29H31N7O3. The highest BCUT2D eigenvalue weighted by atomic mass is 16.5. The van der Waals surface area contributed by atoms with Crippen LogP contribution in [0.3, 0.4) is 0 Å². The fourth-order valence-corrected chi connectivity index (χ4v) is 5.57. The van der Waals surface area contributed by atoms with Crippen molar-refractivity contribution in [2.24, 2.45) is 0 Å². The largest absolute Gasteiger partial charge is 0.495 e. The Hall–Kier alpha value is -4.44. The third-order valence-corrected chi connectivity index (χ3v) is 7.43. The van der Waals surface area contributed by atoms with Gasteiger partial charge in [0.05, 0.1) is 19.1 Å². The van der Waals surface area contributed by atoms with Crippen LogP contribution >= 0.6 is 0 Å². The Bertz CT molecular complexity index is 1650. The van der Waals surface area contributed by atoms with Crippen LogP contribution in [0.25, 0.3) is 10.9 Å². The van der Waals surface area contributed by atoms with E-state index in [9.17, 15) is 4.79 Å². The molecule has 0 radical (unpaired) electrons. The summed E-state index contributed by atoms with van der Waals surface area (Å²) in [4.78, 5) is 21.4. The maximum atomic E-state index is 13.6. The van der Waals surface area contributed by atoms with Crippen molar-refractivity contribution in [3.63, 3.8) is 0 Å². The number of pyridine rings is 1. The van der Waals surface area contributed by atoms with Crippen LogP contribution in [0, 0.1) is 13.8 Å². The molecule has 1 fully saturated rings. The summed E-state index contributed by atoms with van der Waals surface area (Å²) < 4.78 is 12.9. The molecule has 5 aromatic rings. The van der Waals surface area contributed by atoms with Crippen molar-refractivity contribution in [1.29, 1.82) is 0 Å². The molecule has 1 N–H and O–H groups in total. The van der Waals surface area contributed by atoms with Gasteiger partial charge in [0.15, 0.2) is 5.82 Å². The first-order chi connectivity index (χ1) is 19.0. The van der Waals surface area contributed by atoms with E-state index in [2.05, 4.69) is 49.4 Å². The predicted molar refractivity (Wildman–Crippen MR) is 148 cm³/mol. The Morgan fingerprint density at radius 3 is 2.64 bits per heavy atom. The van der Waals surface area contributed by atoms with Gasteiger partial charge in [-0.15, -0.1) is 5.10 Å². The van der Waals surface area contributed by atoms with Crippen LogP contribution in [0.2, 0.25) is 0 Å². The van der Waals surface area contributed by atoms with Crippen LogP contribution in [0.1, 0.15) is 34.3 Å². The average molecular weight is 526 g/mol. The number of piperazine rings is 1. The van der Waals surface area contributed by atoms with Crippen LogP contribution in [-0.4, -0.2) is 63.4 Å². The van der Waals surface area contributed by atoms with E-state index in [1.54, 1.807) is 18.1 Å². The molecule has 10 heteroatoms. The van der Waals surface area contributed by atoms with Gasteiger partial charge in [-0.1, -0.05) is 18.2 Å². The first-order valence-electron chi connectivity index (χ1n) is 13.1. The summed E-state index contributed by atoms with van der Waals surface area (Å²) in [7, 11) is 1.69. The number of rotatable bonds is 7. The lowest BCUT2D eigenvalue weighted by molar-refractivity contribution is 0.199. The Kier molecular flexibility index (Phi) is 6.62. The van der Waals surface area contributed by atoms with Crippen molar-refractivity contribution in [2.75, 3.05) is 38.2 Å². The van der Waals surface area contributed by atoms with Crippen molar-refractivity contribution in [2.45, 2.75) is 26.4 Å². The molecule has 1 aliphatic heterocycles. The Morgan fingerprint density at radius 1 is 1.05 bits per heavy atom. The van der Waals surface area contributed by atoms with Crippen LogP contribution in [0.15, 0.2) is 70.1 Å². The van der Waals surface area contributed by atoms with Gasteiger partial charge in [-0.3, -0.25) is 9.69 Å². The second kappa shape index (κ2) is 10.4. The van der Waals surface area contributed by atoms with E-state index in [1.165, 1.54) is 0 Å². The van der Waals surface area contributed by atoms with Crippen molar-refractivity contribution >= 4 is 16.6 Å². The number of aromatic amines is 1. The van der Waals surface area contributed by atoms with E-state index >= 15 is 0 Å². The van der Waals surface area contributed by atoms with Gasteiger partial charge in [0.25, 0.3) is 5.56 Å². The molecule has 6 rings (SSSR count). The number of H-pyrrole nitrogens is 1. The number of para-hydroxylation sites is 2. The van der Waals surface area contributed by atoms with E-state index in [0.717, 1.165) is 52.3 Å². The topological polar surface area (TPSA) is 105 Å². The Morgan fingerprint density at radius 2 is 1.87 bits per heavy atom. The number of furan rings is 1. The fourth-order valence-electron chi connectivity index (χ4n) is 5.57. The van der Waals surface area contributed by atoms with Gasteiger partial charge < -0.3 is 19.0 Å². The molecule has 200 valence electrons. The molecule has 39 heavy (non-hydrogen) atoms. The molecule has 0 saturated carbocycles. The van der Waals surface area contributed by atoms with Gasteiger partial charge in [0, 0.05) is 42.6 Å². The summed E-state index contributed by atoms with van der Waals surface area (Å²) in [5.41, 5.74) is 4.59.